The largest absolute Gasteiger partial charge is 0.473 e. The van der Waals surface area contributed by atoms with E-state index < -0.39 is 12.0 Å². The van der Waals surface area contributed by atoms with Crippen LogP contribution < -0.4 is 4.74 Å². The number of ether oxygens (including phenoxy) is 2. The number of carbonyl (C=O) groups excluding carboxylic acids is 1. The Morgan fingerprint density at radius 3 is 2.26 bits per heavy atom. The van der Waals surface area contributed by atoms with Crippen LogP contribution in [0.5, 0.6) is 5.88 Å². The molecule has 1 aromatic carbocycles. The van der Waals surface area contributed by atoms with Gasteiger partial charge < -0.3 is 14.4 Å². The van der Waals surface area contributed by atoms with Gasteiger partial charge in [0.25, 0.3) is 6.43 Å². The van der Waals surface area contributed by atoms with Crippen LogP contribution in [0.3, 0.4) is 0 Å². The van der Waals surface area contributed by atoms with Crippen LogP contribution in [0.1, 0.15) is 83.9 Å². The van der Waals surface area contributed by atoms with Crippen LogP contribution in [0, 0.1) is 5.41 Å². The first-order chi connectivity index (χ1) is 15.9. The molecular weight excluding hydrogens is 440 g/mol. The third kappa shape index (κ3) is 5.36. The fourth-order valence-corrected chi connectivity index (χ4v) is 4.84. The number of likely N-dealkylation sites (tertiary alicyclic amines) is 1. The topological polar surface area (TPSA) is 56.6 Å². The normalized spacial score (nSPS) is 18.4. The molecule has 1 saturated heterocycles. The SMILES string of the molecule is CC(C)c1cc(OC2CCC3(CC2)CN(C(=O)OC(C)(C)C)C3)nn1-c1ccc(C(F)F)cc1. The highest BCUT2D eigenvalue weighted by Gasteiger charge is 2.48. The van der Waals surface area contributed by atoms with Gasteiger partial charge in [-0.15, -0.1) is 5.10 Å². The second-order valence-corrected chi connectivity index (χ2v) is 11.0. The molecule has 6 nitrogen and oxygen atoms in total. The maximum Gasteiger partial charge on any atom is 0.410 e. The van der Waals surface area contributed by atoms with Gasteiger partial charge in [-0.25, -0.2) is 18.3 Å². The number of halogens is 2. The number of hydrogen-bond donors (Lipinski definition) is 0. The molecular formula is C26H35F2N3O3. The van der Waals surface area contributed by atoms with Crippen LogP contribution in [0.15, 0.2) is 30.3 Å². The maximum absolute atomic E-state index is 12.9. The monoisotopic (exact) mass is 475 g/mol. The molecule has 0 atom stereocenters. The molecule has 1 aliphatic heterocycles. The van der Waals surface area contributed by atoms with Gasteiger partial charge >= 0.3 is 6.09 Å². The van der Waals surface area contributed by atoms with Crippen LogP contribution in [-0.4, -0.2) is 45.6 Å². The van der Waals surface area contributed by atoms with Crippen molar-refractivity contribution in [3.63, 3.8) is 0 Å². The van der Waals surface area contributed by atoms with Gasteiger partial charge in [0.05, 0.1) is 11.4 Å². The highest BCUT2D eigenvalue weighted by Crippen LogP contribution is 2.45. The van der Waals surface area contributed by atoms with Crippen molar-refractivity contribution < 1.29 is 23.0 Å². The zero-order valence-corrected chi connectivity index (χ0v) is 20.7. The standard InChI is InChI=1S/C26H35F2N3O3/c1-17(2)21-14-22(29-31(21)19-8-6-18(7-9-19)23(27)28)33-20-10-12-26(13-11-20)15-30(16-26)24(32)34-25(3,4)5/h6-9,14,17,20,23H,10-13,15-16H2,1-5H3. The minimum absolute atomic E-state index is 0.00385. The summed E-state index contributed by atoms with van der Waals surface area (Å²) >= 11 is 0. The first-order valence-electron chi connectivity index (χ1n) is 12.1. The molecule has 2 aromatic rings. The molecule has 1 aromatic heterocycles. The minimum atomic E-state index is -2.49. The zero-order valence-electron chi connectivity index (χ0n) is 20.7. The lowest BCUT2D eigenvalue weighted by atomic mass is 9.68. The summed E-state index contributed by atoms with van der Waals surface area (Å²) in [6.07, 6.45) is 1.19. The van der Waals surface area contributed by atoms with Gasteiger partial charge in [0.2, 0.25) is 5.88 Å². The van der Waals surface area contributed by atoms with E-state index in [0.29, 0.717) is 5.88 Å². The average molecular weight is 476 g/mol. The van der Waals surface area contributed by atoms with Crippen LogP contribution in [0.2, 0.25) is 0 Å². The molecule has 0 N–H and O–H groups in total. The Morgan fingerprint density at radius 2 is 1.74 bits per heavy atom. The van der Waals surface area contributed by atoms with E-state index in [4.69, 9.17) is 9.47 Å². The Balaban J connectivity index is 1.36. The number of aromatic nitrogens is 2. The van der Waals surface area contributed by atoms with Crippen LogP contribution in [0.25, 0.3) is 5.69 Å². The Bertz CT molecular complexity index is 995. The average Bonchev–Trinajstić information content (AvgIpc) is 3.15. The van der Waals surface area contributed by atoms with Crippen molar-refractivity contribution in [2.24, 2.45) is 5.41 Å². The highest BCUT2D eigenvalue weighted by atomic mass is 19.3. The number of nitrogens with zero attached hydrogens (tertiary/aromatic N) is 3. The van der Waals surface area contributed by atoms with Crippen molar-refractivity contribution in [2.45, 2.75) is 84.4 Å². The lowest BCUT2D eigenvalue weighted by Gasteiger charge is -2.52. The summed E-state index contributed by atoms with van der Waals surface area (Å²) < 4.78 is 39.3. The number of amides is 1. The zero-order chi connectivity index (χ0) is 24.7. The summed E-state index contributed by atoms with van der Waals surface area (Å²) in [5.41, 5.74) is 1.40. The molecule has 0 radical (unpaired) electrons. The van der Waals surface area contributed by atoms with Crippen molar-refractivity contribution in [3.8, 4) is 11.6 Å². The first kappa shape index (κ1) is 24.5. The maximum atomic E-state index is 12.9. The van der Waals surface area contributed by atoms with E-state index in [1.165, 1.54) is 12.1 Å². The molecule has 1 saturated carbocycles. The fourth-order valence-electron chi connectivity index (χ4n) is 4.84. The Labute approximate surface area is 200 Å². The minimum Gasteiger partial charge on any atom is -0.473 e. The Morgan fingerprint density at radius 1 is 1.12 bits per heavy atom. The summed E-state index contributed by atoms with van der Waals surface area (Å²) in [4.78, 5) is 14.1. The van der Waals surface area contributed by atoms with E-state index in [9.17, 15) is 13.6 Å². The molecule has 2 heterocycles. The van der Waals surface area contributed by atoms with Gasteiger partial charge in [0, 0.05) is 30.1 Å². The van der Waals surface area contributed by atoms with Gasteiger partial charge in [0.1, 0.15) is 11.7 Å². The first-order valence-corrected chi connectivity index (χ1v) is 12.1. The molecule has 0 bridgehead atoms. The molecule has 4 rings (SSSR count). The van der Waals surface area contributed by atoms with E-state index in [0.717, 1.165) is 50.2 Å². The van der Waals surface area contributed by atoms with Crippen LogP contribution in [-0.2, 0) is 4.74 Å². The molecule has 1 spiro atoms. The predicted octanol–water partition coefficient (Wildman–Crippen LogP) is 6.49. The van der Waals surface area contributed by atoms with Crippen molar-refractivity contribution in [3.05, 3.63) is 41.6 Å². The molecule has 2 aliphatic rings. The highest BCUT2D eigenvalue weighted by molar-refractivity contribution is 5.69. The number of rotatable bonds is 5. The molecule has 2 fully saturated rings. The molecule has 0 unspecified atom stereocenters. The number of benzene rings is 1. The smallest absolute Gasteiger partial charge is 0.410 e. The Kier molecular flexibility index (Phi) is 6.62. The lowest BCUT2D eigenvalue weighted by molar-refractivity contribution is -0.0610. The van der Waals surface area contributed by atoms with E-state index in [2.05, 4.69) is 18.9 Å². The summed E-state index contributed by atoms with van der Waals surface area (Å²) in [6, 6.07) is 8.16. The van der Waals surface area contributed by atoms with E-state index in [1.807, 2.05) is 26.8 Å². The van der Waals surface area contributed by atoms with Gasteiger partial charge in [-0.3, -0.25) is 0 Å². The van der Waals surface area contributed by atoms with Crippen LogP contribution >= 0.6 is 0 Å². The van der Waals surface area contributed by atoms with Crippen molar-refractivity contribution in [1.29, 1.82) is 0 Å². The van der Waals surface area contributed by atoms with Crippen molar-refractivity contribution >= 4 is 6.09 Å². The third-order valence-corrected chi connectivity index (χ3v) is 6.68. The summed E-state index contributed by atoms with van der Waals surface area (Å²) in [6.45, 7) is 11.3. The quantitative estimate of drug-likeness (QED) is 0.496. The second kappa shape index (κ2) is 9.19. The summed E-state index contributed by atoms with van der Waals surface area (Å²) in [5, 5.41) is 4.65. The molecule has 1 aliphatic carbocycles. The predicted molar refractivity (Wildman–Crippen MR) is 126 cm³/mol. The summed E-state index contributed by atoms with van der Waals surface area (Å²) in [7, 11) is 0. The van der Waals surface area contributed by atoms with E-state index in [-0.39, 0.29) is 29.1 Å². The van der Waals surface area contributed by atoms with Crippen molar-refractivity contribution in [1.82, 2.24) is 14.7 Å². The summed E-state index contributed by atoms with van der Waals surface area (Å²) in [5.74, 6) is 0.759. The van der Waals surface area contributed by atoms with E-state index >= 15 is 0 Å². The van der Waals surface area contributed by atoms with Gasteiger partial charge in [-0.2, -0.15) is 0 Å². The van der Waals surface area contributed by atoms with Crippen LogP contribution in [0.4, 0.5) is 13.6 Å². The fraction of sp³-hybridized carbons (Fsp3) is 0.615. The third-order valence-electron chi connectivity index (χ3n) is 6.68. The molecule has 1 amide bonds. The Hall–Kier alpha value is -2.64. The number of carbonyl (C=O) groups is 1. The van der Waals surface area contributed by atoms with Gasteiger partial charge in [0.15, 0.2) is 0 Å². The van der Waals surface area contributed by atoms with E-state index in [1.54, 1.807) is 21.7 Å². The molecule has 34 heavy (non-hydrogen) atoms. The molecule has 8 heteroatoms. The van der Waals surface area contributed by atoms with Gasteiger partial charge in [-0.05, 0) is 64.5 Å². The molecule has 186 valence electrons. The number of alkyl halides is 2. The van der Waals surface area contributed by atoms with Gasteiger partial charge in [-0.1, -0.05) is 26.0 Å². The number of hydrogen-bond acceptors (Lipinski definition) is 4. The van der Waals surface area contributed by atoms with Crippen molar-refractivity contribution in [2.75, 3.05) is 13.1 Å². The lowest BCUT2D eigenvalue weighted by Crippen LogP contribution is -2.60. The second-order valence-electron chi connectivity index (χ2n) is 11.0.